The van der Waals surface area contributed by atoms with Crippen LogP contribution in [-0.4, -0.2) is 12.0 Å². The first-order valence-electron chi connectivity index (χ1n) is 5.57. The summed E-state index contributed by atoms with van der Waals surface area (Å²) in [5.41, 5.74) is 2.42. The fourth-order valence-corrected chi connectivity index (χ4v) is 1.65. The highest BCUT2D eigenvalue weighted by Crippen LogP contribution is 2.34. The van der Waals surface area contributed by atoms with E-state index >= 15 is 0 Å². The van der Waals surface area contributed by atoms with E-state index in [0.29, 0.717) is 16.1 Å². The molecule has 0 aliphatic heterocycles. The summed E-state index contributed by atoms with van der Waals surface area (Å²) in [4.78, 5) is 10.9. The standard InChI is InChI=1S/C12H15ClF2N2O2/c1-6(2)8-5-9(13)7(3)4-10(8)19-12(14,15)11(18)17-16/h4-6H,16H2,1-3H3,(H,17,18). The Balaban J connectivity index is 3.20. The maximum Gasteiger partial charge on any atom is 0.483 e. The summed E-state index contributed by atoms with van der Waals surface area (Å²) >= 11 is 5.95. The van der Waals surface area contributed by atoms with E-state index in [-0.39, 0.29) is 11.7 Å². The van der Waals surface area contributed by atoms with Crippen LogP contribution in [0.5, 0.6) is 5.75 Å². The van der Waals surface area contributed by atoms with Crippen molar-refractivity contribution < 1.29 is 18.3 Å². The van der Waals surface area contributed by atoms with E-state index in [1.807, 2.05) is 0 Å². The minimum Gasteiger partial charge on any atom is -0.425 e. The lowest BCUT2D eigenvalue weighted by Gasteiger charge is -2.20. The number of ether oxygens (including phenoxy) is 1. The molecule has 3 N–H and O–H groups in total. The number of hydrazine groups is 1. The number of nitrogens with two attached hydrogens (primary N) is 1. The summed E-state index contributed by atoms with van der Waals surface area (Å²) in [6.45, 7) is 5.25. The molecule has 0 saturated heterocycles. The molecule has 7 heteroatoms. The Kier molecular flexibility index (Phi) is 4.70. The summed E-state index contributed by atoms with van der Waals surface area (Å²) in [6.07, 6.45) is -4.04. The Morgan fingerprint density at radius 3 is 2.53 bits per heavy atom. The number of hydrogen-bond acceptors (Lipinski definition) is 3. The van der Waals surface area contributed by atoms with Crippen molar-refractivity contribution in [1.82, 2.24) is 5.43 Å². The van der Waals surface area contributed by atoms with Gasteiger partial charge in [0.15, 0.2) is 0 Å². The van der Waals surface area contributed by atoms with Gasteiger partial charge in [0.2, 0.25) is 0 Å². The van der Waals surface area contributed by atoms with Crippen molar-refractivity contribution in [2.45, 2.75) is 32.8 Å². The van der Waals surface area contributed by atoms with Crippen LogP contribution in [-0.2, 0) is 4.79 Å². The molecule has 0 spiro atoms. The summed E-state index contributed by atoms with van der Waals surface area (Å²) < 4.78 is 31.4. The fraction of sp³-hybridized carbons (Fsp3) is 0.417. The molecule has 0 aromatic heterocycles. The van der Waals surface area contributed by atoms with E-state index in [9.17, 15) is 13.6 Å². The van der Waals surface area contributed by atoms with E-state index in [0.717, 1.165) is 0 Å². The topological polar surface area (TPSA) is 64.3 Å². The average molecular weight is 293 g/mol. The van der Waals surface area contributed by atoms with Gasteiger partial charge in [-0.05, 0) is 36.1 Å². The quantitative estimate of drug-likeness (QED) is 0.509. The number of benzene rings is 1. The molecule has 0 aliphatic carbocycles. The predicted octanol–water partition coefficient (Wildman–Crippen LogP) is 2.73. The van der Waals surface area contributed by atoms with E-state index in [1.54, 1.807) is 26.8 Å². The van der Waals surface area contributed by atoms with Crippen LogP contribution in [0, 0.1) is 6.92 Å². The Hall–Kier alpha value is -1.40. The highest BCUT2D eigenvalue weighted by molar-refractivity contribution is 6.31. The molecule has 0 radical (unpaired) electrons. The summed E-state index contributed by atoms with van der Waals surface area (Å²) in [6, 6.07) is 2.92. The van der Waals surface area contributed by atoms with Crippen molar-refractivity contribution in [3.05, 3.63) is 28.3 Å². The predicted molar refractivity (Wildman–Crippen MR) is 68.2 cm³/mol. The minimum absolute atomic E-state index is 0.0921. The number of nitrogens with one attached hydrogen (secondary N) is 1. The molecule has 0 bridgehead atoms. The van der Waals surface area contributed by atoms with Crippen LogP contribution in [0.3, 0.4) is 0 Å². The molecule has 0 aliphatic rings. The van der Waals surface area contributed by atoms with Crippen LogP contribution in [0.25, 0.3) is 0 Å². The number of amides is 1. The van der Waals surface area contributed by atoms with Gasteiger partial charge in [-0.25, -0.2) is 5.84 Å². The number of carbonyl (C=O) groups excluding carboxylic acids is 1. The zero-order valence-electron chi connectivity index (χ0n) is 10.8. The Morgan fingerprint density at radius 2 is 2.05 bits per heavy atom. The van der Waals surface area contributed by atoms with Crippen molar-refractivity contribution >= 4 is 17.5 Å². The van der Waals surface area contributed by atoms with E-state index in [4.69, 9.17) is 11.6 Å². The Morgan fingerprint density at radius 1 is 1.47 bits per heavy atom. The van der Waals surface area contributed by atoms with Crippen LogP contribution < -0.4 is 16.0 Å². The van der Waals surface area contributed by atoms with Gasteiger partial charge < -0.3 is 4.74 Å². The second kappa shape index (κ2) is 5.71. The van der Waals surface area contributed by atoms with Crippen LogP contribution in [0.15, 0.2) is 12.1 Å². The van der Waals surface area contributed by atoms with Crippen molar-refractivity contribution in [2.24, 2.45) is 5.84 Å². The minimum atomic E-state index is -4.04. The highest BCUT2D eigenvalue weighted by atomic mass is 35.5. The van der Waals surface area contributed by atoms with Crippen molar-refractivity contribution in [3.8, 4) is 5.75 Å². The maximum atomic E-state index is 13.4. The lowest BCUT2D eigenvalue weighted by Crippen LogP contribution is -2.47. The number of rotatable bonds is 4. The third-order valence-electron chi connectivity index (χ3n) is 2.55. The third-order valence-corrected chi connectivity index (χ3v) is 2.95. The molecular weight excluding hydrogens is 278 g/mol. The van der Waals surface area contributed by atoms with Crippen LogP contribution in [0.2, 0.25) is 5.02 Å². The monoisotopic (exact) mass is 292 g/mol. The van der Waals surface area contributed by atoms with Gasteiger partial charge in [0, 0.05) is 5.02 Å². The molecule has 0 unspecified atom stereocenters. The molecule has 0 atom stereocenters. The summed E-state index contributed by atoms with van der Waals surface area (Å²) in [5.74, 6) is 2.79. The Bertz CT molecular complexity index is 493. The largest absolute Gasteiger partial charge is 0.483 e. The first-order valence-corrected chi connectivity index (χ1v) is 5.94. The number of aryl methyl sites for hydroxylation is 1. The van der Waals surface area contributed by atoms with Crippen molar-refractivity contribution in [1.29, 1.82) is 0 Å². The van der Waals surface area contributed by atoms with Crippen molar-refractivity contribution in [3.63, 3.8) is 0 Å². The first-order chi connectivity index (χ1) is 8.69. The van der Waals surface area contributed by atoms with E-state index in [2.05, 4.69) is 10.6 Å². The van der Waals surface area contributed by atoms with Crippen LogP contribution >= 0.6 is 11.6 Å². The number of carbonyl (C=O) groups is 1. The summed E-state index contributed by atoms with van der Waals surface area (Å²) in [7, 11) is 0. The first kappa shape index (κ1) is 15.7. The lowest BCUT2D eigenvalue weighted by atomic mass is 10.0. The molecular formula is C12H15ClF2N2O2. The molecule has 0 fully saturated rings. The third kappa shape index (κ3) is 3.54. The number of alkyl halides is 2. The van der Waals surface area contributed by atoms with Gasteiger partial charge in [-0.15, -0.1) is 0 Å². The molecule has 4 nitrogen and oxygen atoms in total. The molecule has 1 aromatic rings. The second-order valence-corrected chi connectivity index (χ2v) is 4.79. The zero-order chi connectivity index (χ0) is 14.8. The average Bonchev–Trinajstić information content (AvgIpc) is 2.31. The van der Waals surface area contributed by atoms with Gasteiger partial charge >= 0.3 is 12.0 Å². The highest BCUT2D eigenvalue weighted by Gasteiger charge is 2.42. The van der Waals surface area contributed by atoms with E-state index in [1.165, 1.54) is 11.5 Å². The maximum absolute atomic E-state index is 13.4. The van der Waals surface area contributed by atoms with Gasteiger partial charge in [0.1, 0.15) is 5.75 Å². The van der Waals surface area contributed by atoms with Crippen LogP contribution in [0.1, 0.15) is 30.9 Å². The van der Waals surface area contributed by atoms with E-state index < -0.39 is 12.0 Å². The smallest absolute Gasteiger partial charge is 0.425 e. The van der Waals surface area contributed by atoms with Gasteiger partial charge in [0.05, 0.1) is 0 Å². The number of hydrogen-bond donors (Lipinski definition) is 2. The molecule has 19 heavy (non-hydrogen) atoms. The van der Waals surface area contributed by atoms with Crippen LogP contribution in [0.4, 0.5) is 8.78 Å². The van der Waals surface area contributed by atoms with Gasteiger partial charge in [-0.2, -0.15) is 8.78 Å². The molecule has 0 heterocycles. The Labute approximate surface area is 114 Å². The molecule has 1 aromatic carbocycles. The molecule has 1 rings (SSSR count). The fourth-order valence-electron chi connectivity index (χ4n) is 1.48. The molecule has 106 valence electrons. The summed E-state index contributed by atoms with van der Waals surface area (Å²) in [5, 5.41) is 0.447. The lowest BCUT2D eigenvalue weighted by molar-refractivity contribution is -0.193. The SMILES string of the molecule is Cc1cc(OC(F)(F)C(=O)NN)c(C(C)C)cc1Cl. The second-order valence-electron chi connectivity index (χ2n) is 4.39. The molecule has 0 saturated carbocycles. The van der Waals surface area contributed by atoms with Gasteiger partial charge in [-0.3, -0.25) is 10.2 Å². The van der Waals surface area contributed by atoms with Crippen molar-refractivity contribution in [2.75, 3.05) is 0 Å². The number of halogens is 3. The normalized spacial score (nSPS) is 11.6. The van der Waals surface area contributed by atoms with Gasteiger partial charge in [-0.1, -0.05) is 25.4 Å². The zero-order valence-corrected chi connectivity index (χ0v) is 11.5. The van der Waals surface area contributed by atoms with Gasteiger partial charge in [0.25, 0.3) is 0 Å². The molecule has 1 amide bonds.